The fraction of sp³-hybridized carbons (Fsp3) is 0.689. The Labute approximate surface area is 577 Å². The monoisotopic (exact) mass is 1360 g/mol. The van der Waals surface area contributed by atoms with Crippen molar-refractivity contribution in [2.24, 2.45) is 59.0 Å². The van der Waals surface area contributed by atoms with Crippen molar-refractivity contribution in [2.45, 2.75) is 222 Å². The third kappa shape index (κ3) is 26.6. The third-order valence-electron chi connectivity index (χ3n) is 19.5. The lowest BCUT2D eigenvalue weighted by molar-refractivity contribution is -0.143. The molecule has 2 saturated heterocycles. The Hall–Kier alpha value is -7.11. The van der Waals surface area contributed by atoms with Gasteiger partial charge in [-0.1, -0.05) is 144 Å². The number of ketones is 3. The highest BCUT2D eigenvalue weighted by atomic mass is 16.6. The number of nitrogens with two attached hydrogens (primary N) is 1. The zero-order chi connectivity index (χ0) is 73.0. The van der Waals surface area contributed by atoms with Crippen LogP contribution in [0.3, 0.4) is 0 Å². The number of imide groups is 1. The first-order valence-corrected chi connectivity index (χ1v) is 35.0. The van der Waals surface area contributed by atoms with Crippen LogP contribution < -0.4 is 21.7 Å². The molecule has 9 amide bonds. The van der Waals surface area contributed by atoms with Gasteiger partial charge >= 0.3 is 12.1 Å². The average Bonchev–Trinajstić information content (AvgIpc) is 1.83. The predicted octanol–water partition coefficient (Wildman–Crippen LogP) is 8.79. The summed E-state index contributed by atoms with van der Waals surface area (Å²) < 4.78 is 17.1. The molecule has 0 spiro atoms. The standard InChI is InChI=1S/C46H72N6O10.C28H46N2O5/c1-28(2)35(25-34(53)15-12-11-13-22-52-40(56)23-31(7)43(52)58)42(57)49-37(16-14-21-48-45(47)60)38(54)24-32-17-19-33(20-18-32)27-62-46(61)51(10)41(30(5)6)39(55)26-36(29(3)4)44(59)50(8)9;1-8-18(2)19(3)24(34-6)17-25(31)30-16-12-15-23(30)27(35-7)20(4)28(33)29-21(5)26(32)22-13-10-9-11-14-22/h17-20,28-31,35-37,41H,11-16,21-27H2,1-10H3,(H,49,57)(H3,47,48,60);9-11,13-14,18-21,23-24,26-27,32H,8,12,15-17H2,1-7H3,(H,29,33)/t31?,35-,36-,37-,41-;18-,19-,20+,21+,23-,24+,26+,27+/m00/s1. The van der Waals surface area contributed by atoms with Crippen molar-refractivity contribution in [1.29, 1.82) is 0 Å². The Bertz CT molecular complexity index is 2870. The van der Waals surface area contributed by atoms with Crippen LogP contribution in [0.2, 0.25) is 0 Å². The highest BCUT2D eigenvalue weighted by Gasteiger charge is 2.42. The number of carbonyl (C=O) groups is 11. The molecule has 13 atom stereocenters. The van der Waals surface area contributed by atoms with Gasteiger partial charge in [0.15, 0.2) is 11.6 Å². The minimum atomic E-state index is -0.906. The number of likely N-dealkylation sites (N-methyl/N-ethyl adjacent to an activating group) is 1. The van der Waals surface area contributed by atoms with Crippen LogP contribution in [0.1, 0.15) is 189 Å². The van der Waals surface area contributed by atoms with Gasteiger partial charge in [0, 0.05) is 105 Å². The Morgan fingerprint density at radius 1 is 0.732 bits per heavy atom. The maximum absolute atomic E-state index is 13.7. The van der Waals surface area contributed by atoms with Gasteiger partial charge in [-0.15, -0.1) is 0 Å². The van der Waals surface area contributed by atoms with Gasteiger partial charge in [-0.05, 0) is 91.7 Å². The summed E-state index contributed by atoms with van der Waals surface area (Å²) >= 11 is 0. The normalized spacial score (nSPS) is 18.1. The van der Waals surface area contributed by atoms with Gasteiger partial charge in [-0.25, -0.2) is 9.59 Å². The molecule has 2 aliphatic rings. The number of hydrogen-bond acceptors (Lipinski definition) is 15. The van der Waals surface area contributed by atoms with Crippen molar-refractivity contribution in [3.8, 4) is 0 Å². The van der Waals surface area contributed by atoms with Crippen molar-refractivity contribution < 1.29 is 72.1 Å². The highest BCUT2D eigenvalue weighted by molar-refractivity contribution is 6.03. The van der Waals surface area contributed by atoms with Gasteiger partial charge in [0.1, 0.15) is 12.4 Å². The molecule has 2 fully saturated rings. The summed E-state index contributed by atoms with van der Waals surface area (Å²) in [4.78, 5) is 148. The number of unbranched alkanes of at least 4 members (excludes halogenated alkanes) is 2. The molecule has 1 unspecified atom stereocenters. The summed E-state index contributed by atoms with van der Waals surface area (Å²) in [6.45, 7) is 24.1. The van der Waals surface area contributed by atoms with E-state index in [4.69, 9.17) is 19.9 Å². The largest absolute Gasteiger partial charge is 0.445 e. The molecule has 97 heavy (non-hydrogen) atoms. The molecule has 2 heterocycles. The van der Waals surface area contributed by atoms with Crippen molar-refractivity contribution in [3.63, 3.8) is 0 Å². The number of carbonyl (C=O) groups excluding carboxylic acids is 11. The van der Waals surface area contributed by atoms with Gasteiger partial charge in [0.2, 0.25) is 35.4 Å². The smallest absolute Gasteiger partial charge is 0.410 e. The van der Waals surface area contributed by atoms with Gasteiger partial charge in [0.05, 0.1) is 54.8 Å². The van der Waals surface area contributed by atoms with Crippen LogP contribution in [0.5, 0.6) is 0 Å². The molecular weight excluding hydrogens is 1240 g/mol. The predicted molar refractivity (Wildman–Crippen MR) is 372 cm³/mol. The summed E-state index contributed by atoms with van der Waals surface area (Å²) in [6, 6.07) is 13.1. The molecule has 0 radical (unpaired) electrons. The molecule has 2 aromatic rings. The number of aliphatic hydroxyl groups is 1. The number of amides is 9. The molecule has 0 aromatic heterocycles. The number of methoxy groups -OCH3 is 2. The number of benzene rings is 2. The van der Waals surface area contributed by atoms with Crippen LogP contribution in [0.15, 0.2) is 54.6 Å². The van der Waals surface area contributed by atoms with E-state index in [9.17, 15) is 57.8 Å². The van der Waals surface area contributed by atoms with Crippen molar-refractivity contribution in [2.75, 3.05) is 55.0 Å². The van der Waals surface area contributed by atoms with Crippen molar-refractivity contribution >= 4 is 64.9 Å². The molecule has 544 valence electrons. The number of primary amides is 1. The Morgan fingerprint density at radius 3 is 1.91 bits per heavy atom. The Balaban J connectivity index is 0.000000589. The van der Waals surface area contributed by atoms with Gasteiger partial charge in [-0.2, -0.15) is 0 Å². The summed E-state index contributed by atoms with van der Waals surface area (Å²) in [5.74, 6) is -3.34. The number of ether oxygens (including phenoxy) is 3. The average molecular weight is 1360 g/mol. The van der Waals surface area contributed by atoms with Crippen LogP contribution in [0, 0.1) is 53.3 Å². The molecule has 23 heteroatoms. The van der Waals surface area contributed by atoms with Crippen LogP contribution in [-0.2, 0) is 70.4 Å². The summed E-state index contributed by atoms with van der Waals surface area (Å²) in [5.41, 5.74) is 7.26. The first-order chi connectivity index (χ1) is 45.7. The highest BCUT2D eigenvalue weighted by Crippen LogP contribution is 2.31. The maximum atomic E-state index is 13.7. The second-order valence-electron chi connectivity index (χ2n) is 28.1. The number of likely N-dealkylation sites (tertiary alicyclic amines) is 2. The van der Waals surface area contributed by atoms with E-state index < -0.39 is 66.1 Å². The van der Waals surface area contributed by atoms with Crippen LogP contribution >= 0.6 is 0 Å². The first kappa shape index (κ1) is 84.1. The van der Waals surface area contributed by atoms with E-state index in [1.54, 1.807) is 66.4 Å². The number of nitrogens with zero attached hydrogens (tertiary/aromatic N) is 4. The zero-order valence-corrected chi connectivity index (χ0v) is 61.2. The van der Waals surface area contributed by atoms with Gasteiger partial charge < -0.3 is 55.7 Å². The second-order valence-corrected chi connectivity index (χ2v) is 28.1. The van der Waals surface area contributed by atoms with E-state index in [0.717, 1.165) is 24.8 Å². The van der Waals surface area contributed by atoms with Crippen LogP contribution in [-0.4, -0.2) is 181 Å². The maximum Gasteiger partial charge on any atom is 0.410 e. The van der Waals surface area contributed by atoms with Gasteiger partial charge in [0.25, 0.3) is 0 Å². The number of nitrogens with one attached hydrogen (secondary N) is 3. The lowest BCUT2D eigenvalue weighted by atomic mass is 9.85. The molecule has 2 aromatic carbocycles. The second kappa shape index (κ2) is 42.0. The molecule has 6 N–H and O–H groups in total. The zero-order valence-electron chi connectivity index (χ0n) is 61.2. The number of aliphatic hydroxyl groups excluding tert-OH is 1. The molecule has 4 rings (SSSR count). The van der Waals surface area contributed by atoms with E-state index in [2.05, 4.69) is 36.7 Å². The Kier molecular flexibility index (Phi) is 36.4. The van der Waals surface area contributed by atoms with E-state index in [-0.39, 0.29) is 140 Å². The lowest BCUT2D eigenvalue weighted by Crippen LogP contribution is -2.51. The minimum absolute atomic E-state index is 0.000807. The number of hydrogen-bond donors (Lipinski definition) is 5. The van der Waals surface area contributed by atoms with Crippen LogP contribution in [0.4, 0.5) is 9.59 Å². The van der Waals surface area contributed by atoms with E-state index in [1.807, 2.05) is 83.7 Å². The fourth-order valence-corrected chi connectivity index (χ4v) is 12.9. The minimum Gasteiger partial charge on any atom is -0.445 e. The fourth-order valence-electron chi connectivity index (χ4n) is 12.9. The topological polar surface area (TPSA) is 311 Å². The van der Waals surface area contributed by atoms with Crippen LogP contribution in [0.25, 0.3) is 0 Å². The molecule has 23 nitrogen and oxygen atoms in total. The quantitative estimate of drug-likeness (QED) is 0.0307. The third-order valence-corrected chi connectivity index (χ3v) is 19.5. The Morgan fingerprint density at radius 2 is 1.36 bits per heavy atom. The van der Waals surface area contributed by atoms with Crippen molar-refractivity contribution in [3.05, 3.63) is 71.3 Å². The van der Waals surface area contributed by atoms with Gasteiger partial charge in [-0.3, -0.25) is 48.1 Å². The SMILES string of the molecule is CC1CC(=O)N(CCCCCC(=O)C[C@H](C(=O)N[C@@H](CCCNC(N)=O)C(=O)Cc2ccc(COC(=O)N(C)[C@H](C(=O)C[C@H](C(=O)N(C)C)C(C)C)C(C)C)cc2)C(C)C)C1=O.CC[C@H](C)[C@H](C)[C@@H](CC(=O)N1CCC[C@H]1[C@H](OC)[C@@H](C)C(=O)N[C@H](C)[C@@H](O)c1ccccc1)OC. The summed E-state index contributed by atoms with van der Waals surface area (Å²) in [6.07, 6.45) is 3.80. The molecule has 0 aliphatic carbocycles. The molecular formula is C74H118N8O15. The summed E-state index contributed by atoms with van der Waals surface area (Å²) in [7, 11) is 8.08. The van der Waals surface area contributed by atoms with E-state index in [1.165, 1.54) is 21.7 Å². The van der Waals surface area contributed by atoms with E-state index >= 15 is 0 Å². The first-order valence-electron chi connectivity index (χ1n) is 35.0. The lowest BCUT2D eigenvalue weighted by Gasteiger charge is -2.36. The summed E-state index contributed by atoms with van der Waals surface area (Å²) in [5, 5.41) is 19.0. The molecule has 2 aliphatic heterocycles. The molecule has 0 bridgehead atoms. The van der Waals surface area contributed by atoms with Crippen molar-refractivity contribution in [1.82, 2.24) is 35.6 Å². The molecule has 0 saturated carbocycles. The number of Topliss-reactive ketones (excluding diaryl/α,β-unsaturated/α-hetero) is 3. The number of urea groups is 1. The number of rotatable bonds is 40. The van der Waals surface area contributed by atoms with E-state index in [0.29, 0.717) is 62.2 Å².